The molecule has 29 heavy (non-hydrogen) atoms. The maximum absolute atomic E-state index is 5.83. The van der Waals surface area contributed by atoms with Crippen molar-refractivity contribution in [2.24, 2.45) is 4.99 Å². The van der Waals surface area contributed by atoms with E-state index in [1.165, 1.54) is 18.4 Å². The standard InChI is InChI=1S/C22H36N4O3/c1-23-21(25-17-22(28-3)9-13-29-14-10-22)24-16-20(26-11-4-5-12-26)18-7-6-8-19(15-18)27-2/h6-8,15,20H,4-5,9-14,16-17H2,1-3H3,(H2,23,24,25). The first-order chi connectivity index (χ1) is 14.2. The van der Waals surface area contributed by atoms with E-state index >= 15 is 0 Å². The minimum absolute atomic E-state index is 0.184. The predicted octanol–water partition coefficient (Wildman–Crippen LogP) is 2.19. The number of aliphatic imine (C=N–C) groups is 1. The van der Waals surface area contributed by atoms with E-state index in [1.54, 1.807) is 14.2 Å². The normalized spacial score (nSPS) is 21.0. The molecule has 0 aromatic heterocycles. The Kier molecular flexibility index (Phi) is 8.15. The van der Waals surface area contributed by atoms with Crippen molar-refractivity contribution in [2.45, 2.75) is 37.3 Å². The van der Waals surface area contributed by atoms with E-state index in [4.69, 9.17) is 14.2 Å². The summed E-state index contributed by atoms with van der Waals surface area (Å²) in [6, 6.07) is 8.67. The Morgan fingerprint density at radius 2 is 1.97 bits per heavy atom. The second kappa shape index (κ2) is 10.8. The van der Waals surface area contributed by atoms with Gasteiger partial charge in [0, 0.05) is 53.3 Å². The molecule has 2 N–H and O–H groups in total. The molecule has 2 heterocycles. The van der Waals surface area contributed by atoms with Gasteiger partial charge in [0.1, 0.15) is 5.75 Å². The topological polar surface area (TPSA) is 67.4 Å². The summed E-state index contributed by atoms with van der Waals surface area (Å²) in [4.78, 5) is 6.97. The summed E-state index contributed by atoms with van der Waals surface area (Å²) in [7, 11) is 5.32. The van der Waals surface area contributed by atoms with Crippen LogP contribution in [-0.4, -0.2) is 77.1 Å². The zero-order valence-corrected chi connectivity index (χ0v) is 18.1. The Balaban J connectivity index is 1.62. The quantitative estimate of drug-likeness (QED) is 0.511. The van der Waals surface area contributed by atoms with Gasteiger partial charge in [0.05, 0.1) is 18.8 Å². The number of rotatable bonds is 8. The van der Waals surface area contributed by atoms with Crippen molar-refractivity contribution < 1.29 is 14.2 Å². The van der Waals surface area contributed by atoms with E-state index in [0.717, 1.165) is 63.9 Å². The molecule has 0 aliphatic carbocycles. The molecule has 0 spiro atoms. The van der Waals surface area contributed by atoms with Crippen LogP contribution in [0.25, 0.3) is 0 Å². The van der Waals surface area contributed by atoms with Crippen LogP contribution in [0.3, 0.4) is 0 Å². The highest BCUT2D eigenvalue weighted by atomic mass is 16.5. The molecule has 1 atom stereocenters. The van der Waals surface area contributed by atoms with Gasteiger partial charge >= 0.3 is 0 Å². The minimum atomic E-state index is -0.184. The molecule has 0 saturated carbocycles. The molecule has 2 aliphatic rings. The van der Waals surface area contributed by atoms with Crippen LogP contribution < -0.4 is 15.4 Å². The Bertz CT molecular complexity index is 655. The first-order valence-corrected chi connectivity index (χ1v) is 10.6. The molecular weight excluding hydrogens is 368 g/mol. The minimum Gasteiger partial charge on any atom is -0.497 e. The molecule has 2 fully saturated rings. The van der Waals surface area contributed by atoms with Crippen LogP contribution in [0.15, 0.2) is 29.3 Å². The van der Waals surface area contributed by atoms with E-state index in [2.05, 4.69) is 38.7 Å². The summed E-state index contributed by atoms with van der Waals surface area (Å²) >= 11 is 0. The maximum atomic E-state index is 5.83. The lowest BCUT2D eigenvalue weighted by Gasteiger charge is -2.36. The average Bonchev–Trinajstić information content (AvgIpc) is 3.31. The van der Waals surface area contributed by atoms with Crippen LogP contribution in [0.5, 0.6) is 5.75 Å². The fourth-order valence-corrected chi connectivity index (χ4v) is 4.22. The summed E-state index contributed by atoms with van der Waals surface area (Å²) in [6.45, 7) is 5.25. The van der Waals surface area contributed by atoms with Crippen LogP contribution in [-0.2, 0) is 9.47 Å². The molecule has 162 valence electrons. The largest absolute Gasteiger partial charge is 0.497 e. The lowest BCUT2D eigenvalue weighted by molar-refractivity contribution is -0.0855. The lowest BCUT2D eigenvalue weighted by atomic mass is 9.94. The van der Waals surface area contributed by atoms with E-state index in [1.807, 2.05) is 13.1 Å². The summed E-state index contributed by atoms with van der Waals surface area (Å²) in [6.07, 6.45) is 4.30. The monoisotopic (exact) mass is 404 g/mol. The molecule has 1 aromatic rings. The summed E-state index contributed by atoms with van der Waals surface area (Å²) in [5, 5.41) is 7.00. The van der Waals surface area contributed by atoms with Gasteiger partial charge < -0.3 is 24.8 Å². The smallest absolute Gasteiger partial charge is 0.191 e. The highest BCUT2D eigenvalue weighted by molar-refractivity contribution is 5.79. The molecule has 1 unspecified atom stereocenters. The summed E-state index contributed by atoms with van der Waals surface area (Å²) in [5.41, 5.74) is 1.09. The molecule has 7 nitrogen and oxygen atoms in total. The van der Waals surface area contributed by atoms with Crippen molar-refractivity contribution in [1.29, 1.82) is 0 Å². The summed E-state index contributed by atoms with van der Waals surface area (Å²) < 4.78 is 16.8. The van der Waals surface area contributed by atoms with Crippen LogP contribution in [0, 0.1) is 0 Å². The first kappa shape index (κ1) is 21.9. The molecule has 0 bridgehead atoms. The number of benzene rings is 1. The Labute approximate surface area is 174 Å². The van der Waals surface area contributed by atoms with Crippen molar-refractivity contribution in [1.82, 2.24) is 15.5 Å². The van der Waals surface area contributed by atoms with Gasteiger partial charge in [-0.15, -0.1) is 0 Å². The number of hydrogen-bond donors (Lipinski definition) is 2. The number of guanidine groups is 1. The third-order valence-electron chi connectivity index (χ3n) is 6.16. The molecular formula is C22H36N4O3. The van der Waals surface area contributed by atoms with Crippen molar-refractivity contribution in [2.75, 3.05) is 60.7 Å². The lowest BCUT2D eigenvalue weighted by Crippen LogP contribution is -2.51. The number of methoxy groups -OCH3 is 2. The third-order valence-corrected chi connectivity index (χ3v) is 6.16. The van der Waals surface area contributed by atoms with Crippen LogP contribution in [0.4, 0.5) is 0 Å². The highest BCUT2D eigenvalue weighted by Gasteiger charge is 2.32. The fraction of sp³-hybridized carbons (Fsp3) is 0.682. The number of nitrogens with zero attached hydrogens (tertiary/aromatic N) is 2. The van der Waals surface area contributed by atoms with Gasteiger partial charge in [-0.2, -0.15) is 0 Å². The zero-order valence-electron chi connectivity index (χ0n) is 18.1. The zero-order chi connectivity index (χ0) is 20.5. The third kappa shape index (κ3) is 5.84. The van der Waals surface area contributed by atoms with Crippen LogP contribution in [0.1, 0.15) is 37.3 Å². The van der Waals surface area contributed by atoms with Gasteiger partial charge in [-0.3, -0.25) is 9.89 Å². The van der Waals surface area contributed by atoms with Crippen molar-refractivity contribution in [3.63, 3.8) is 0 Å². The average molecular weight is 405 g/mol. The van der Waals surface area contributed by atoms with Gasteiger partial charge in [-0.25, -0.2) is 0 Å². The SMILES string of the molecule is CN=C(NCC(c1cccc(OC)c1)N1CCCC1)NCC1(OC)CCOCC1. The number of hydrogen-bond acceptors (Lipinski definition) is 5. The predicted molar refractivity (Wildman–Crippen MR) is 116 cm³/mol. The van der Waals surface area contributed by atoms with E-state index in [-0.39, 0.29) is 11.6 Å². The fourth-order valence-electron chi connectivity index (χ4n) is 4.22. The molecule has 0 amide bonds. The van der Waals surface area contributed by atoms with Crippen molar-refractivity contribution in [3.05, 3.63) is 29.8 Å². The van der Waals surface area contributed by atoms with Crippen LogP contribution in [0.2, 0.25) is 0 Å². The number of nitrogens with one attached hydrogen (secondary N) is 2. The van der Waals surface area contributed by atoms with Crippen molar-refractivity contribution >= 4 is 5.96 Å². The Hall–Kier alpha value is -1.83. The van der Waals surface area contributed by atoms with E-state index < -0.39 is 0 Å². The Morgan fingerprint density at radius 1 is 1.21 bits per heavy atom. The van der Waals surface area contributed by atoms with E-state index in [0.29, 0.717) is 0 Å². The van der Waals surface area contributed by atoms with Crippen LogP contribution >= 0.6 is 0 Å². The molecule has 2 saturated heterocycles. The molecule has 1 aromatic carbocycles. The summed E-state index contributed by atoms with van der Waals surface area (Å²) in [5.74, 6) is 1.70. The van der Waals surface area contributed by atoms with Gasteiger partial charge in [0.25, 0.3) is 0 Å². The molecule has 2 aliphatic heterocycles. The second-order valence-electron chi connectivity index (χ2n) is 7.84. The van der Waals surface area contributed by atoms with Gasteiger partial charge in [-0.1, -0.05) is 12.1 Å². The number of ether oxygens (including phenoxy) is 3. The highest BCUT2D eigenvalue weighted by Crippen LogP contribution is 2.27. The van der Waals surface area contributed by atoms with Crippen molar-refractivity contribution in [3.8, 4) is 5.75 Å². The molecule has 3 rings (SSSR count). The van der Waals surface area contributed by atoms with Gasteiger partial charge in [-0.05, 0) is 43.6 Å². The number of likely N-dealkylation sites (tertiary alicyclic amines) is 1. The molecule has 0 radical (unpaired) electrons. The second-order valence-corrected chi connectivity index (χ2v) is 7.84. The molecule has 7 heteroatoms. The van der Waals surface area contributed by atoms with E-state index in [9.17, 15) is 0 Å². The van der Waals surface area contributed by atoms with Gasteiger partial charge in [0.2, 0.25) is 0 Å². The maximum Gasteiger partial charge on any atom is 0.191 e. The van der Waals surface area contributed by atoms with Gasteiger partial charge in [0.15, 0.2) is 5.96 Å². The Morgan fingerprint density at radius 3 is 2.62 bits per heavy atom. The first-order valence-electron chi connectivity index (χ1n) is 10.6.